The van der Waals surface area contributed by atoms with Crippen molar-refractivity contribution in [1.29, 1.82) is 0 Å². The summed E-state index contributed by atoms with van der Waals surface area (Å²) in [6.07, 6.45) is 11.1. The van der Waals surface area contributed by atoms with Crippen LogP contribution in [0.2, 0.25) is 0 Å². The van der Waals surface area contributed by atoms with Crippen molar-refractivity contribution in [2.45, 2.75) is 64.7 Å². The lowest BCUT2D eigenvalue weighted by molar-refractivity contribution is -0.140. The standard InChI is InChI=1S/C21H29FO2/c1-2-15-3-5-16(6-4-15)17-7-9-18(10-8-17)21(23)24-20-13-11-19(22)12-14-20/h11-18H,2-10H2,1H3. The van der Waals surface area contributed by atoms with E-state index < -0.39 is 0 Å². The third-order valence-electron chi connectivity index (χ3n) is 6.27. The van der Waals surface area contributed by atoms with Gasteiger partial charge in [0.25, 0.3) is 0 Å². The summed E-state index contributed by atoms with van der Waals surface area (Å²) in [6, 6.07) is 5.69. The molecule has 2 saturated carbocycles. The first-order valence-electron chi connectivity index (χ1n) is 9.63. The summed E-state index contributed by atoms with van der Waals surface area (Å²) in [5.74, 6) is 2.63. The van der Waals surface area contributed by atoms with Gasteiger partial charge in [-0.2, -0.15) is 0 Å². The van der Waals surface area contributed by atoms with E-state index in [1.807, 2.05) is 0 Å². The number of hydrogen-bond donors (Lipinski definition) is 0. The third kappa shape index (κ3) is 4.37. The summed E-state index contributed by atoms with van der Waals surface area (Å²) in [5.41, 5.74) is 0. The molecule has 3 rings (SSSR count). The average Bonchev–Trinajstić information content (AvgIpc) is 2.64. The fourth-order valence-electron chi connectivity index (χ4n) is 4.60. The summed E-state index contributed by atoms with van der Waals surface area (Å²) in [5, 5.41) is 0. The molecule has 2 aliphatic carbocycles. The van der Waals surface area contributed by atoms with Gasteiger partial charge in [-0.25, -0.2) is 4.39 Å². The molecule has 1 aromatic carbocycles. The summed E-state index contributed by atoms with van der Waals surface area (Å²) >= 11 is 0. The molecule has 0 saturated heterocycles. The fraction of sp³-hybridized carbons (Fsp3) is 0.667. The molecule has 2 fully saturated rings. The second kappa shape index (κ2) is 8.13. The topological polar surface area (TPSA) is 26.3 Å². The minimum Gasteiger partial charge on any atom is -0.426 e. The zero-order chi connectivity index (χ0) is 16.9. The largest absolute Gasteiger partial charge is 0.426 e. The van der Waals surface area contributed by atoms with Crippen molar-refractivity contribution in [3.8, 4) is 5.75 Å². The number of benzene rings is 1. The highest BCUT2D eigenvalue weighted by Crippen LogP contribution is 2.42. The number of halogens is 1. The number of esters is 1. The molecule has 0 heterocycles. The molecule has 0 N–H and O–H groups in total. The molecule has 24 heavy (non-hydrogen) atoms. The van der Waals surface area contributed by atoms with Gasteiger partial charge in [-0.1, -0.05) is 26.2 Å². The molecular formula is C21H29FO2. The number of hydrogen-bond acceptors (Lipinski definition) is 2. The lowest BCUT2D eigenvalue weighted by Crippen LogP contribution is -2.30. The van der Waals surface area contributed by atoms with Gasteiger partial charge in [0.2, 0.25) is 0 Å². The normalized spacial score (nSPS) is 30.8. The lowest BCUT2D eigenvalue weighted by atomic mass is 9.69. The Morgan fingerprint density at radius 3 is 2.04 bits per heavy atom. The summed E-state index contributed by atoms with van der Waals surface area (Å²) in [7, 11) is 0. The van der Waals surface area contributed by atoms with Crippen LogP contribution in [0.3, 0.4) is 0 Å². The van der Waals surface area contributed by atoms with Crippen LogP contribution in [0.5, 0.6) is 5.75 Å². The van der Waals surface area contributed by atoms with Crippen molar-refractivity contribution in [2.75, 3.05) is 0 Å². The van der Waals surface area contributed by atoms with Crippen LogP contribution in [0.4, 0.5) is 4.39 Å². The van der Waals surface area contributed by atoms with Gasteiger partial charge in [0.15, 0.2) is 0 Å². The Hall–Kier alpha value is -1.38. The molecular weight excluding hydrogens is 303 g/mol. The highest BCUT2D eigenvalue weighted by Gasteiger charge is 2.33. The van der Waals surface area contributed by atoms with E-state index in [2.05, 4.69) is 6.92 Å². The van der Waals surface area contributed by atoms with Crippen LogP contribution in [-0.4, -0.2) is 5.97 Å². The van der Waals surface area contributed by atoms with Crippen LogP contribution in [-0.2, 0) is 4.79 Å². The molecule has 132 valence electrons. The van der Waals surface area contributed by atoms with Crippen LogP contribution in [0, 0.1) is 29.5 Å². The van der Waals surface area contributed by atoms with E-state index in [4.69, 9.17) is 4.74 Å². The van der Waals surface area contributed by atoms with E-state index >= 15 is 0 Å². The molecule has 1 aromatic rings. The molecule has 0 unspecified atom stereocenters. The first-order valence-corrected chi connectivity index (χ1v) is 9.63. The van der Waals surface area contributed by atoms with Crippen LogP contribution in [0.25, 0.3) is 0 Å². The molecule has 0 spiro atoms. The Kier molecular flexibility index (Phi) is 5.91. The van der Waals surface area contributed by atoms with E-state index in [0.29, 0.717) is 5.75 Å². The van der Waals surface area contributed by atoms with Gasteiger partial charge in [0.1, 0.15) is 11.6 Å². The number of ether oxygens (including phenoxy) is 1. The predicted octanol–water partition coefficient (Wildman–Crippen LogP) is 5.75. The van der Waals surface area contributed by atoms with Gasteiger partial charge in [-0.3, -0.25) is 4.79 Å². The SMILES string of the molecule is CCC1CCC(C2CCC(C(=O)Oc3ccc(F)cc3)CC2)CC1. The van der Waals surface area contributed by atoms with Gasteiger partial charge in [0, 0.05) is 0 Å². The molecule has 0 aromatic heterocycles. The van der Waals surface area contributed by atoms with Crippen LogP contribution in [0.1, 0.15) is 64.7 Å². The second-order valence-corrected chi connectivity index (χ2v) is 7.68. The van der Waals surface area contributed by atoms with Crippen molar-refractivity contribution >= 4 is 5.97 Å². The van der Waals surface area contributed by atoms with Gasteiger partial charge in [0.05, 0.1) is 5.92 Å². The quantitative estimate of drug-likeness (QED) is 0.518. The van der Waals surface area contributed by atoms with E-state index in [9.17, 15) is 9.18 Å². The van der Waals surface area contributed by atoms with E-state index in [-0.39, 0.29) is 17.7 Å². The molecule has 0 aliphatic heterocycles. The summed E-state index contributed by atoms with van der Waals surface area (Å²) < 4.78 is 18.3. The van der Waals surface area contributed by atoms with Gasteiger partial charge >= 0.3 is 5.97 Å². The maximum Gasteiger partial charge on any atom is 0.314 e. The first kappa shape index (κ1) is 17.4. The molecule has 3 heteroatoms. The minimum absolute atomic E-state index is 0.0123. The fourth-order valence-corrected chi connectivity index (χ4v) is 4.60. The molecule has 0 bridgehead atoms. The predicted molar refractivity (Wildman–Crippen MR) is 93.2 cm³/mol. The van der Waals surface area contributed by atoms with E-state index in [1.165, 1.54) is 56.4 Å². The van der Waals surface area contributed by atoms with Crippen LogP contribution >= 0.6 is 0 Å². The molecule has 0 radical (unpaired) electrons. The Morgan fingerprint density at radius 2 is 1.50 bits per heavy atom. The average molecular weight is 332 g/mol. The number of rotatable bonds is 4. The maximum absolute atomic E-state index is 12.9. The zero-order valence-electron chi connectivity index (χ0n) is 14.7. The van der Waals surface area contributed by atoms with Crippen molar-refractivity contribution < 1.29 is 13.9 Å². The van der Waals surface area contributed by atoms with Crippen molar-refractivity contribution in [3.05, 3.63) is 30.1 Å². The Labute approximate surface area is 144 Å². The van der Waals surface area contributed by atoms with Gasteiger partial charge in [-0.15, -0.1) is 0 Å². The van der Waals surface area contributed by atoms with Crippen molar-refractivity contribution in [1.82, 2.24) is 0 Å². The Balaban J connectivity index is 1.44. The minimum atomic E-state index is -0.312. The summed E-state index contributed by atoms with van der Waals surface area (Å²) in [4.78, 5) is 12.3. The number of carbonyl (C=O) groups excluding carboxylic acids is 1. The van der Waals surface area contributed by atoms with Gasteiger partial charge < -0.3 is 4.74 Å². The highest BCUT2D eigenvalue weighted by atomic mass is 19.1. The molecule has 0 atom stereocenters. The molecule has 0 amide bonds. The zero-order valence-corrected chi connectivity index (χ0v) is 14.7. The van der Waals surface area contributed by atoms with Gasteiger partial charge in [-0.05, 0) is 80.5 Å². The van der Waals surface area contributed by atoms with E-state index in [0.717, 1.165) is 43.4 Å². The Morgan fingerprint density at radius 1 is 0.958 bits per heavy atom. The van der Waals surface area contributed by atoms with Crippen LogP contribution in [0.15, 0.2) is 24.3 Å². The smallest absolute Gasteiger partial charge is 0.314 e. The lowest BCUT2D eigenvalue weighted by Gasteiger charge is -2.37. The van der Waals surface area contributed by atoms with Crippen molar-refractivity contribution in [2.24, 2.45) is 23.7 Å². The van der Waals surface area contributed by atoms with Crippen molar-refractivity contribution in [3.63, 3.8) is 0 Å². The molecule has 2 aliphatic rings. The first-order chi connectivity index (χ1) is 11.7. The second-order valence-electron chi connectivity index (χ2n) is 7.68. The molecule has 2 nitrogen and oxygen atoms in total. The highest BCUT2D eigenvalue weighted by molar-refractivity contribution is 5.75. The van der Waals surface area contributed by atoms with E-state index in [1.54, 1.807) is 0 Å². The Bertz CT molecular complexity index is 523. The monoisotopic (exact) mass is 332 g/mol. The number of carbonyl (C=O) groups is 1. The summed E-state index contributed by atoms with van der Waals surface area (Å²) in [6.45, 7) is 2.31. The third-order valence-corrected chi connectivity index (χ3v) is 6.27. The maximum atomic E-state index is 12.9. The van der Waals surface area contributed by atoms with Crippen LogP contribution < -0.4 is 4.74 Å².